The fraction of sp³-hybridized carbons (Fsp3) is 0.538. The van der Waals surface area contributed by atoms with Crippen LogP contribution in [-0.4, -0.2) is 29.4 Å². The highest BCUT2D eigenvalue weighted by Crippen LogP contribution is 2.34. The molecule has 4 nitrogen and oxygen atoms in total. The summed E-state index contributed by atoms with van der Waals surface area (Å²) in [7, 11) is 1.62. The van der Waals surface area contributed by atoms with Crippen molar-refractivity contribution in [1.82, 2.24) is 9.88 Å². The van der Waals surface area contributed by atoms with Crippen molar-refractivity contribution in [3.05, 3.63) is 23.9 Å². The minimum atomic E-state index is 0.116. The molecule has 0 saturated carbocycles. The lowest BCUT2D eigenvalue weighted by atomic mass is 9.96. The third-order valence-electron chi connectivity index (χ3n) is 3.26. The van der Waals surface area contributed by atoms with Gasteiger partial charge >= 0.3 is 0 Å². The molecule has 1 aromatic heterocycles. The van der Waals surface area contributed by atoms with Crippen molar-refractivity contribution < 1.29 is 9.53 Å². The van der Waals surface area contributed by atoms with Gasteiger partial charge in [-0.25, -0.2) is 4.98 Å². The molecule has 1 unspecified atom stereocenters. The molecule has 0 spiro atoms. The molecule has 1 fully saturated rings. The summed E-state index contributed by atoms with van der Waals surface area (Å²) in [5, 5.41) is 0. The second-order valence-corrected chi connectivity index (χ2v) is 4.33. The van der Waals surface area contributed by atoms with Gasteiger partial charge in [0.15, 0.2) is 0 Å². The molecule has 2 heterocycles. The largest absolute Gasteiger partial charge is 0.481 e. The Kier molecular flexibility index (Phi) is 3.61. The minimum absolute atomic E-state index is 0.116. The molecule has 0 bridgehead atoms. The van der Waals surface area contributed by atoms with Gasteiger partial charge in [0.25, 0.3) is 0 Å². The molecule has 1 aromatic rings. The maximum Gasteiger partial charge on any atom is 0.219 e. The molecular weight excluding hydrogens is 216 g/mol. The number of aromatic nitrogens is 1. The quantitative estimate of drug-likeness (QED) is 0.787. The predicted molar refractivity (Wildman–Crippen MR) is 64.8 cm³/mol. The Bertz CT molecular complexity index is 406. The summed E-state index contributed by atoms with van der Waals surface area (Å²) in [5.41, 5.74) is 1.02. The molecule has 1 amide bonds. The van der Waals surface area contributed by atoms with Gasteiger partial charge in [0, 0.05) is 25.2 Å². The van der Waals surface area contributed by atoms with Gasteiger partial charge in [0.05, 0.1) is 13.2 Å². The zero-order chi connectivity index (χ0) is 12.3. The first-order valence-electron chi connectivity index (χ1n) is 6.00. The first-order valence-corrected chi connectivity index (χ1v) is 6.00. The van der Waals surface area contributed by atoms with Crippen molar-refractivity contribution >= 4 is 5.91 Å². The van der Waals surface area contributed by atoms with Crippen molar-refractivity contribution in [1.29, 1.82) is 0 Å². The molecule has 1 saturated heterocycles. The van der Waals surface area contributed by atoms with Crippen LogP contribution in [0.2, 0.25) is 0 Å². The fourth-order valence-corrected chi connectivity index (χ4v) is 2.46. The molecule has 17 heavy (non-hydrogen) atoms. The topological polar surface area (TPSA) is 42.4 Å². The zero-order valence-corrected chi connectivity index (χ0v) is 10.3. The molecule has 0 aliphatic carbocycles. The number of nitrogens with zero attached hydrogens (tertiary/aromatic N) is 2. The Hall–Kier alpha value is -1.58. The number of ether oxygens (including phenoxy) is 1. The van der Waals surface area contributed by atoms with Crippen LogP contribution in [0, 0.1) is 0 Å². The van der Waals surface area contributed by atoms with Crippen LogP contribution in [0.3, 0.4) is 0 Å². The minimum Gasteiger partial charge on any atom is -0.481 e. The van der Waals surface area contributed by atoms with Gasteiger partial charge in [-0.1, -0.05) is 6.07 Å². The third kappa shape index (κ3) is 2.40. The number of pyridine rings is 1. The fourth-order valence-electron chi connectivity index (χ4n) is 2.46. The molecule has 92 valence electrons. The molecule has 0 N–H and O–H groups in total. The first-order chi connectivity index (χ1) is 8.24. The number of rotatable bonds is 2. The van der Waals surface area contributed by atoms with E-state index in [1.807, 2.05) is 17.0 Å². The van der Waals surface area contributed by atoms with Crippen LogP contribution in [0.25, 0.3) is 0 Å². The summed E-state index contributed by atoms with van der Waals surface area (Å²) in [4.78, 5) is 17.8. The molecule has 0 aromatic carbocycles. The van der Waals surface area contributed by atoms with Crippen LogP contribution < -0.4 is 4.74 Å². The van der Waals surface area contributed by atoms with E-state index in [0.29, 0.717) is 5.88 Å². The third-order valence-corrected chi connectivity index (χ3v) is 3.26. The number of amides is 1. The number of carbonyl (C=O) groups excluding carboxylic acids is 1. The Morgan fingerprint density at radius 1 is 1.53 bits per heavy atom. The molecular formula is C13H18N2O2. The van der Waals surface area contributed by atoms with Crippen molar-refractivity contribution in [2.45, 2.75) is 32.2 Å². The summed E-state index contributed by atoms with van der Waals surface area (Å²) >= 11 is 0. The number of methoxy groups -OCH3 is 1. The Morgan fingerprint density at radius 3 is 3.06 bits per heavy atom. The zero-order valence-electron chi connectivity index (χ0n) is 10.3. The van der Waals surface area contributed by atoms with Crippen LogP contribution in [-0.2, 0) is 4.79 Å². The van der Waals surface area contributed by atoms with Gasteiger partial charge < -0.3 is 9.64 Å². The van der Waals surface area contributed by atoms with Gasteiger partial charge in [0.1, 0.15) is 0 Å². The highest BCUT2D eigenvalue weighted by Gasteiger charge is 2.28. The highest BCUT2D eigenvalue weighted by atomic mass is 16.5. The lowest BCUT2D eigenvalue weighted by Gasteiger charge is -2.35. The first kappa shape index (κ1) is 11.9. The molecule has 0 radical (unpaired) electrons. The maximum atomic E-state index is 11.6. The summed E-state index contributed by atoms with van der Waals surface area (Å²) in [6, 6.07) is 4.01. The van der Waals surface area contributed by atoms with Crippen LogP contribution >= 0.6 is 0 Å². The van der Waals surface area contributed by atoms with Gasteiger partial charge in [0.2, 0.25) is 11.8 Å². The van der Waals surface area contributed by atoms with E-state index in [-0.39, 0.29) is 11.9 Å². The molecule has 1 atom stereocenters. The molecule has 1 aliphatic heterocycles. The van der Waals surface area contributed by atoms with Crippen molar-refractivity contribution in [2.24, 2.45) is 0 Å². The molecule has 4 heteroatoms. The van der Waals surface area contributed by atoms with Crippen LogP contribution in [0.15, 0.2) is 18.3 Å². The Labute approximate surface area is 102 Å². The van der Waals surface area contributed by atoms with E-state index < -0.39 is 0 Å². The lowest BCUT2D eigenvalue weighted by molar-refractivity contribution is -0.132. The molecule has 1 aliphatic rings. The normalized spacial score (nSPS) is 20.1. The number of hydrogen-bond donors (Lipinski definition) is 0. The van der Waals surface area contributed by atoms with Crippen molar-refractivity contribution in [3.63, 3.8) is 0 Å². The van der Waals surface area contributed by atoms with E-state index in [2.05, 4.69) is 4.98 Å². The lowest BCUT2D eigenvalue weighted by Crippen LogP contribution is -2.37. The smallest absolute Gasteiger partial charge is 0.219 e. The van der Waals surface area contributed by atoms with Crippen LogP contribution in [0.4, 0.5) is 0 Å². The number of likely N-dealkylation sites (tertiary alicyclic amines) is 1. The standard InChI is InChI=1S/C13H18N2O2/c1-10(16)15-9-4-3-7-12(15)11-6-5-8-14-13(11)17-2/h5-6,8,12H,3-4,7,9H2,1-2H3. The molecule has 2 rings (SSSR count). The Balaban J connectivity index is 2.32. The van der Waals surface area contributed by atoms with E-state index >= 15 is 0 Å². The number of hydrogen-bond acceptors (Lipinski definition) is 3. The average Bonchev–Trinajstić information content (AvgIpc) is 2.38. The predicted octanol–water partition coefficient (Wildman–Crippen LogP) is 2.16. The van der Waals surface area contributed by atoms with E-state index in [4.69, 9.17) is 4.74 Å². The summed E-state index contributed by atoms with van der Waals surface area (Å²) in [5.74, 6) is 0.756. The van der Waals surface area contributed by atoms with E-state index in [0.717, 1.165) is 31.4 Å². The van der Waals surface area contributed by atoms with Crippen LogP contribution in [0.1, 0.15) is 37.8 Å². The second kappa shape index (κ2) is 5.17. The van der Waals surface area contributed by atoms with Gasteiger partial charge in [-0.3, -0.25) is 4.79 Å². The summed E-state index contributed by atoms with van der Waals surface area (Å²) in [6.45, 7) is 2.46. The second-order valence-electron chi connectivity index (χ2n) is 4.33. The van der Waals surface area contributed by atoms with E-state index in [9.17, 15) is 4.79 Å². The monoisotopic (exact) mass is 234 g/mol. The summed E-state index contributed by atoms with van der Waals surface area (Å²) < 4.78 is 5.28. The summed E-state index contributed by atoms with van der Waals surface area (Å²) in [6.07, 6.45) is 4.93. The number of piperidine rings is 1. The Morgan fingerprint density at radius 2 is 2.35 bits per heavy atom. The van der Waals surface area contributed by atoms with E-state index in [1.165, 1.54) is 0 Å². The van der Waals surface area contributed by atoms with Crippen molar-refractivity contribution in [3.8, 4) is 5.88 Å². The average molecular weight is 234 g/mol. The van der Waals surface area contributed by atoms with Gasteiger partial charge in [-0.2, -0.15) is 0 Å². The highest BCUT2D eigenvalue weighted by molar-refractivity contribution is 5.74. The number of carbonyl (C=O) groups is 1. The van der Waals surface area contributed by atoms with Crippen molar-refractivity contribution in [2.75, 3.05) is 13.7 Å². The van der Waals surface area contributed by atoms with Gasteiger partial charge in [-0.05, 0) is 25.3 Å². The van der Waals surface area contributed by atoms with E-state index in [1.54, 1.807) is 20.2 Å². The van der Waals surface area contributed by atoms with Crippen LogP contribution in [0.5, 0.6) is 5.88 Å². The SMILES string of the molecule is COc1ncccc1C1CCCCN1C(C)=O. The maximum absolute atomic E-state index is 11.6. The van der Waals surface area contributed by atoms with Gasteiger partial charge in [-0.15, -0.1) is 0 Å².